The Morgan fingerprint density at radius 1 is 0.806 bits per heavy atom. The highest BCUT2D eigenvalue weighted by atomic mass is 32.1. The molecule has 0 N–H and O–H groups in total. The van der Waals surface area contributed by atoms with Gasteiger partial charge in [0.05, 0.1) is 5.39 Å². The van der Waals surface area contributed by atoms with Crippen molar-refractivity contribution in [2.45, 2.75) is 71.1 Å². The predicted octanol–water partition coefficient (Wildman–Crippen LogP) is 4.52. The summed E-state index contributed by atoms with van der Waals surface area (Å²) in [6, 6.07) is 0. The summed E-state index contributed by atoms with van der Waals surface area (Å²) in [5.74, 6) is 2.32. The third-order valence-electron chi connectivity index (χ3n) is 7.45. The second kappa shape index (κ2) is 10.1. The molecule has 0 amide bonds. The van der Waals surface area contributed by atoms with Crippen LogP contribution in [0.1, 0.15) is 68.1 Å². The summed E-state index contributed by atoms with van der Waals surface area (Å²) >= 11 is 1.96. The Hall–Kier alpha value is -1.24. The second-order valence-corrected chi connectivity index (χ2v) is 10.8. The summed E-state index contributed by atoms with van der Waals surface area (Å²) in [7, 11) is 0. The molecule has 0 atom stereocenters. The minimum Gasteiger partial charge on any atom is -0.353 e. The molecule has 3 aliphatic rings. The van der Waals surface area contributed by atoms with Crippen molar-refractivity contribution in [3.8, 4) is 0 Å². The molecule has 0 radical (unpaired) electrons. The van der Waals surface area contributed by atoms with Gasteiger partial charge in [-0.1, -0.05) is 19.8 Å². The molecule has 170 valence electrons. The molecule has 5 rings (SSSR count). The highest BCUT2D eigenvalue weighted by Crippen LogP contribution is 2.40. The molecule has 2 aliphatic heterocycles. The lowest BCUT2D eigenvalue weighted by atomic mass is 9.97. The average Bonchev–Trinajstić information content (AvgIpc) is 3.20. The second-order valence-electron chi connectivity index (χ2n) is 9.69. The maximum absolute atomic E-state index is 5.18. The molecule has 4 heterocycles. The lowest BCUT2D eigenvalue weighted by Gasteiger charge is -2.37. The Morgan fingerprint density at radius 2 is 1.55 bits per heavy atom. The Balaban J connectivity index is 1.31. The number of nitrogens with zero attached hydrogens (tertiary/aromatic N) is 5. The molecule has 2 aromatic rings. The Morgan fingerprint density at radius 3 is 2.32 bits per heavy atom. The Labute approximate surface area is 191 Å². The van der Waals surface area contributed by atoms with Gasteiger partial charge >= 0.3 is 0 Å². The first-order valence-corrected chi connectivity index (χ1v) is 13.6. The van der Waals surface area contributed by atoms with E-state index in [1.165, 1.54) is 100 Å². The van der Waals surface area contributed by atoms with Crippen LogP contribution < -0.4 is 4.90 Å². The highest BCUT2D eigenvalue weighted by Gasteiger charge is 2.26. The van der Waals surface area contributed by atoms with Gasteiger partial charge in [0.25, 0.3) is 0 Å². The Bertz CT molecular complexity index is 864. The number of hydrogen-bond acceptors (Lipinski definition) is 6. The van der Waals surface area contributed by atoms with Crippen molar-refractivity contribution >= 4 is 27.4 Å². The topological polar surface area (TPSA) is 35.5 Å². The molecule has 0 unspecified atom stereocenters. The molecule has 2 saturated heterocycles. The number of rotatable bonds is 7. The van der Waals surface area contributed by atoms with Crippen molar-refractivity contribution in [2.75, 3.05) is 57.3 Å². The number of hydrogen-bond donors (Lipinski definition) is 0. The summed E-state index contributed by atoms with van der Waals surface area (Å²) in [6.07, 6.45) is 12.7. The fourth-order valence-electron chi connectivity index (χ4n) is 5.51. The van der Waals surface area contributed by atoms with Crippen molar-refractivity contribution < 1.29 is 0 Å². The molecular formula is C25H39N5S. The van der Waals surface area contributed by atoms with Crippen LogP contribution in [0.3, 0.4) is 0 Å². The summed E-state index contributed by atoms with van der Waals surface area (Å²) in [6.45, 7) is 11.9. The lowest BCUT2D eigenvalue weighted by molar-refractivity contribution is 0.176. The predicted molar refractivity (Wildman–Crippen MR) is 132 cm³/mol. The van der Waals surface area contributed by atoms with Crippen LogP contribution >= 0.6 is 11.3 Å². The van der Waals surface area contributed by atoms with E-state index in [9.17, 15) is 0 Å². The maximum Gasteiger partial charge on any atom is 0.141 e. The molecular weight excluding hydrogens is 402 g/mol. The van der Waals surface area contributed by atoms with E-state index in [1.54, 1.807) is 10.4 Å². The van der Waals surface area contributed by atoms with Crippen LogP contribution in [0.15, 0.2) is 0 Å². The SMILES string of the molecule is CCCCc1nc(N2CCN(CCN3CCCCC3)CC2)c2c3c(sc2n1)CCCC3. The smallest absolute Gasteiger partial charge is 0.141 e. The molecule has 31 heavy (non-hydrogen) atoms. The Kier molecular flexibility index (Phi) is 7.06. The quantitative estimate of drug-likeness (QED) is 0.631. The highest BCUT2D eigenvalue weighted by molar-refractivity contribution is 7.19. The third-order valence-corrected chi connectivity index (χ3v) is 8.63. The van der Waals surface area contributed by atoms with Gasteiger partial charge in [-0.05, 0) is 63.6 Å². The molecule has 1 aliphatic carbocycles. The van der Waals surface area contributed by atoms with E-state index in [4.69, 9.17) is 9.97 Å². The van der Waals surface area contributed by atoms with Gasteiger partial charge in [0.2, 0.25) is 0 Å². The minimum absolute atomic E-state index is 1.01. The molecule has 0 saturated carbocycles. The van der Waals surface area contributed by atoms with Gasteiger partial charge in [-0.2, -0.15) is 0 Å². The first-order valence-electron chi connectivity index (χ1n) is 12.8. The zero-order valence-electron chi connectivity index (χ0n) is 19.4. The van der Waals surface area contributed by atoms with Crippen molar-refractivity contribution in [1.29, 1.82) is 0 Å². The average molecular weight is 442 g/mol. The number of piperidine rings is 1. The summed E-state index contributed by atoms with van der Waals surface area (Å²) in [5, 5.41) is 1.40. The van der Waals surface area contributed by atoms with Crippen molar-refractivity contribution in [1.82, 2.24) is 19.8 Å². The fraction of sp³-hybridized carbons (Fsp3) is 0.760. The van der Waals surface area contributed by atoms with E-state index in [1.807, 2.05) is 11.3 Å². The summed E-state index contributed by atoms with van der Waals surface area (Å²) < 4.78 is 0. The van der Waals surface area contributed by atoms with Crippen molar-refractivity contribution in [3.05, 3.63) is 16.3 Å². The molecule has 0 spiro atoms. The first-order chi connectivity index (χ1) is 15.3. The molecule has 0 aromatic carbocycles. The van der Waals surface area contributed by atoms with E-state index in [2.05, 4.69) is 21.6 Å². The normalized spacial score (nSPS) is 21.0. The van der Waals surface area contributed by atoms with Gasteiger partial charge < -0.3 is 9.80 Å². The largest absolute Gasteiger partial charge is 0.353 e. The van der Waals surface area contributed by atoms with E-state index in [-0.39, 0.29) is 0 Å². The van der Waals surface area contributed by atoms with Gasteiger partial charge in [-0.25, -0.2) is 9.97 Å². The molecule has 2 fully saturated rings. The van der Waals surface area contributed by atoms with Crippen molar-refractivity contribution in [3.63, 3.8) is 0 Å². The van der Waals surface area contributed by atoms with Crippen molar-refractivity contribution in [2.24, 2.45) is 0 Å². The van der Waals surface area contributed by atoms with E-state index < -0.39 is 0 Å². The van der Waals surface area contributed by atoms with Crippen LogP contribution in [-0.2, 0) is 19.3 Å². The summed E-state index contributed by atoms with van der Waals surface area (Å²) in [5.41, 5.74) is 1.58. The molecule has 5 nitrogen and oxygen atoms in total. The van der Waals surface area contributed by atoms with Crippen LogP contribution in [0, 0.1) is 0 Å². The standard InChI is InChI=1S/C25H39N5S/c1-2-3-11-22-26-24(23-20-9-5-6-10-21(20)31-25(23)27-22)30-18-16-29(17-19-30)15-14-28-12-7-4-8-13-28/h2-19H2,1H3. The van der Waals surface area contributed by atoms with Crippen LogP contribution in [0.5, 0.6) is 0 Å². The fourth-order valence-corrected chi connectivity index (χ4v) is 6.78. The number of likely N-dealkylation sites (tertiary alicyclic amines) is 1. The van der Waals surface area contributed by atoms with Gasteiger partial charge in [0.1, 0.15) is 16.5 Å². The number of thiophene rings is 1. The van der Waals surface area contributed by atoms with Crippen LogP contribution in [0.4, 0.5) is 5.82 Å². The van der Waals surface area contributed by atoms with Gasteiger partial charge in [0.15, 0.2) is 0 Å². The van der Waals surface area contributed by atoms with Gasteiger partial charge in [0, 0.05) is 50.6 Å². The molecule has 0 bridgehead atoms. The number of unbranched alkanes of at least 4 members (excludes halogenated alkanes) is 1. The third kappa shape index (κ3) is 4.91. The van der Waals surface area contributed by atoms with E-state index >= 15 is 0 Å². The van der Waals surface area contributed by atoms with E-state index in [0.29, 0.717) is 0 Å². The lowest BCUT2D eigenvalue weighted by Crippen LogP contribution is -2.49. The molecule has 2 aromatic heterocycles. The minimum atomic E-state index is 1.01. The number of fused-ring (bicyclic) bond motifs is 3. The molecule has 6 heteroatoms. The zero-order chi connectivity index (χ0) is 21.0. The number of anilines is 1. The monoisotopic (exact) mass is 441 g/mol. The number of aryl methyl sites for hydroxylation is 3. The number of piperazine rings is 1. The van der Waals surface area contributed by atoms with E-state index in [0.717, 1.165) is 38.4 Å². The first kappa shape index (κ1) is 21.6. The maximum atomic E-state index is 5.18. The van der Waals surface area contributed by atoms with Gasteiger partial charge in [-0.15, -0.1) is 11.3 Å². The number of aromatic nitrogens is 2. The summed E-state index contributed by atoms with van der Waals surface area (Å²) in [4.78, 5) is 21.0. The zero-order valence-corrected chi connectivity index (χ0v) is 20.2. The van der Waals surface area contributed by atoms with Crippen LogP contribution in [0.2, 0.25) is 0 Å². The van der Waals surface area contributed by atoms with Crippen LogP contribution in [-0.4, -0.2) is 72.1 Å². The van der Waals surface area contributed by atoms with Gasteiger partial charge in [-0.3, -0.25) is 4.90 Å². The van der Waals surface area contributed by atoms with Crippen LogP contribution in [0.25, 0.3) is 10.2 Å².